The van der Waals surface area contributed by atoms with Crippen LogP contribution in [0.5, 0.6) is 0 Å². The molecule has 148 valence electrons. The number of nitrogens with zero attached hydrogens (tertiary/aromatic N) is 1. The molecule has 3 heteroatoms. The first-order valence-corrected chi connectivity index (χ1v) is 11.2. The highest BCUT2D eigenvalue weighted by Gasteiger charge is 2.32. The van der Waals surface area contributed by atoms with E-state index in [2.05, 4.69) is 36.2 Å². The van der Waals surface area contributed by atoms with Crippen LogP contribution in [-0.4, -0.2) is 30.4 Å². The van der Waals surface area contributed by atoms with Crippen molar-refractivity contribution in [1.82, 2.24) is 10.2 Å². The average molecular weight is 369 g/mol. The number of rotatable bonds is 5. The summed E-state index contributed by atoms with van der Waals surface area (Å²) in [5.41, 5.74) is 4.90. The Morgan fingerprint density at radius 3 is 2.59 bits per heavy atom. The van der Waals surface area contributed by atoms with Gasteiger partial charge in [-0.2, -0.15) is 0 Å². The van der Waals surface area contributed by atoms with Crippen LogP contribution in [0.15, 0.2) is 12.1 Å². The van der Waals surface area contributed by atoms with Crippen LogP contribution in [0.3, 0.4) is 0 Å². The molecule has 2 aliphatic heterocycles. The molecule has 0 aromatic heterocycles. The number of fused-ring (bicyclic) bond motifs is 1. The molecule has 3 nitrogen and oxygen atoms in total. The Hall–Kier alpha value is -1.35. The van der Waals surface area contributed by atoms with Crippen LogP contribution >= 0.6 is 0 Å². The second-order valence-electron chi connectivity index (χ2n) is 9.41. The summed E-state index contributed by atoms with van der Waals surface area (Å²) in [6, 6.07) is 4.63. The molecular weight excluding hydrogens is 332 g/mol. The number of hydrogen-bond acceptors (Lipinski definition) is 2. The minimum atomic E-state index is 0.276. The fraction of sp³-hybridized carbons (Fsp3) is 0.708. The van der Waals surface area contributed by atoms with E-state index >= 15 is 0 Å². The average Bonchev–Trinajstić information content (AvgIpc) is 2.99. The maximum atomic E-state index is 13.1. The first-order valence-electron chi connectivity index (χ1n) is 11.2. The lowest BCUT2D eigenvalue weighted by Gasteiger charge is -2.30. The second-order valence-corrected chi connectivity index (χ2v) is 9.41. The van der Waals surface area contributed by atoms with Crippen molar-refractivity contribution in [2.45, 2.75) is 71.8 Å². The molecule has 0 spiro atoms. The van der Waals surface area contributed by atoms with E-state index in [9.17, 15) is 4.79 Å². The van der Waals surface area contributed by atoms with E-state index in [4.69, 9.17) is 0 Å². The molecule has 1 unspecified atom stereocenters. The molecule has 2 heterocycles. The van der Waals surface area contributed by atoms with Gasteiger partial charge in [-0.05, 0) is 73.7 Å². The van der Waals surface area contributed by atoms with Gasteiger partial charge in [0, 0.05) is 18.7 Å². The molecule has 27 heavy (non-hydrogen) atoms. The van der Waals surface area contributed by atoms with Crippen molar-refractivity contribution in [1.29, 1.82) is 0 Å². The van der Waals surface area contributed by atoms with Crippen LogP contribution in [0.25, 0.3) is 0 Å². The van der Waals surface area contributed by atoms with Gasteiger partial charge in [-0.3, -0.25) is 4.79 Å². The summed E-state index contributed by atoms with van der Waals surface area (Å²) in [4.78, 5) is 15.2. The zero-order valence-corrected chi connectivity index (χ0v) is 17.2. The maximum absolute atomic E-state index is 13.1. The third-order valence-corrected chi connectivity index (χ3v) is 7.29. The molecule has 1 atom stereocenters. The third-order valence-electron chi connectivity index (χ3n) is 7.29. The molecule has 1 aromatic carbocycles. The van der Waals surface area contributed by atoms with Crippen LogP contribution < -0.4 is 5.32 Å². The van der Waals surface area contributed by atoms with Crippen LogP contribution in [0.4, 0.5) is 0 Å². The number of benzene rings is 1. The van der Waals surface area contributed by atoms with Gasteiger partial charge in [0.15, 0.2) is 0 Å². The van der Waals surface area contributed by atoms with Crippen molar-refractivity contribution in [3.63, 3.8) is 0 Å². The number of piperidine rings is 1. The largest absolute Gasteiger partial charge is 0.334 e. The van der Waals surface area contributed by atoms with Crippen molar-refractivity contribution >= 4 is 5.91 Å². The number of carbonyl (C=O) groups is 1. The Bertz CT molecular complexity index is 671. The Morgan fingerprint density at radius 1 is 1.11 bits per heavy atom. The topological polar surface area (TPSA) is 32.3 Å². The van der Waals surface area contributed by atoms with E-state index in [-0.39, 0.29) is 5.91 Å². The number of hydrogen-bond donors (Lipinski definition) is 1. The fourth-order valence-corrected chi connectivity index (χ4v) is 5.69. The van der Waals surface area contributed by atoms with Crippen LogP contribution in [0.1, 0.15) is 78.9 Å². The molecule has 1 N–H and O–H groups in total. The molecule has 1 saturated carbocycles. The van der Waals surface area contributed by atoms with E-state index in [0.29, 0.717) is 5.92 Å². The summed E-state index contributed by atoms with van der Waals surface area (Å²) in [5, 5.41) is 3.46. The zero-order chi connectivity index (χ0) is 18.8. The first kappa shape index (κ1) is 19.0. The molecule has 0 bridgehead atoms. The van der Waals surface area contributed by atoms with Crippen molar-refractivity contribution in [2.75, 3.05) is 19.6 Å². The van der Waals surface area contributed by atoms with Crippen LogP contribution in [-0.2, 0) is 13.0 Å². The summed E-state index contributed by atoms with van der Waals surface area (Å²) >= 11 is 0. The van der Waals surface area contributed by atoms with Crippen molar-refractivity contribution in [2.24, 2.45) is 17.8 Å². The van der Waals surface area contributed by atoms with E-state index < -0.39 is 0 Å². The lowest BCUT2D eigenvalue weighted by Crippen LogP contribution is -2.32. The van der Waals surface area contributed by atoms with Gasteiger partial charge < -0.3 is 10.2 Å². The fourth-order valence-electron chi connectivity index (χ4n) is 5.69. The van der Waals surface area contributed by atoms with E-state index in [0.717, 1.165) is 43.6 Å². The highest BCUT2D eigenvalue weighted by atomic mass is 16.2. The number of carbonyl (C=O) groups excluding carboxylic acids is 1. The Kier molecular flexibility index (Phi) is 5.87. The lowest BCUT2D eigenvalue weighted by molar-refractivity contribution is 0.0725. The van der Waals surface area contributed by atoms with Gasteiger partial charge in [0.25, 0.3) is 5.91 Å². The smallest absolute Gasteiger partial charge is 0.254 e. The molecule has 0 radical (unpaired) electrons. The molecule has 1 aromatic rings. The van der Waals surface area contributed by atoms with Crippen molar-refractivity contribution in [3.05, 3.63) is 34.4 Å². The Balaban J connectivity index is 1.43. The van der Waals surface area contributed by atoms with Gasteiger partial charge in [0.2, 0.25) is 0 Å². The van der Waals surface area contributed by atoms with Crippen LogP contribution in [0.2, 0.25) is 0 Å². The highest BCUT2D eigenvalue weighted by Crippen LogP contribution is 2.34. The normalized spacial score (nSPS) is 22.9. The molecule has 4 rings (SSSR count). The molecular formula is C24H36N2O. The summed E-state index contributed by atoms with van der Waals surface area (Å²) < 4.78 is 0. The summed E-state index contributed by atoms with van der Waals surface area (Å²) in [6.45, 7) is 8.56. The number of nitrogens with one attached hydrogen (secondary N) is 1. The van der Waals surface area contributed by atoms with Gasteiger partial charge in [-0.25, -0.2) is 0 Å². The maximum Gasteiger partial charge on any atom is 0.254 e. The predicted molar refractivity (Wildman–Crippen MR) is 111 cm³/mol. The van der Waals surface area contributed by atoms with Gasteiger partial charge in [-0.15, -0.1) is 0 Å². The Morgan fingerprint density at radius 2 is 1.85 bits per heavy atom. The zero-order valence-electron chi connectivity index (χ0n) is 17.2. The monoisotopic (exact) mass is 368 g/mol. The minimum Gasteiger partial charge on any atom is -0.334 e. The first-order chi connectivity index (χ1) is 13.1. The minimum absolute atomic E-state index is 0.276. The molecule has 1 aliphatic carbocycles. The summed E-state index contributed by atoms with van der Waals surface area (Å²) in [5.74, 6) is 2.51. The standard InChI is InChI=1S/C24H36N2O/c1-17-12-20(13-19-8-10-25-11-9-19)14-22-16-26(24(27)23(17)22)15-18(2)21-6-4-3-5-7-21/h12,14,18-19,21,25H,3-11,13,15-16H2,1-2H3. The van der Waals surface area contributed by atoms with E-state index in [1.807, 2.05) is 0 Å². The molecule has 1 amide bonds. The molecule has 3 aliphatic rings. The van der Waals surface area contributed by atoms with Gasteiger partial charge in [-0.1, -0.05) is 51.2 Å². The quantitative estimate of drug-likeness (QED) is 0.816. The van der Waals surface area contributed by atoms with Crippen LogP contribution in [0, 0.1) is 24.7 Å². The SMILES string of the molecule is Cc1cc(CC2CCNCC2)cc2c1C(=O)N(CC(C)C1CCCCC1)C2. The third kappa shape index (κ3) is 4.23. The number of aryl methyl sites for hydroxylation is 1. The second kappa shape index (κ2) is 8.34. The van der Waals surface area contributed by atoms with E-state index in [1.54, 1.807) is 0 Å². The highest BCUT2D eigenvalue weighted by molar-refractivity contribution is 5.99. The van der Waals surface area contributed by atoms with E-state index in [1.165, 1.54) is 68.1 Å². The van der Waals surface area contributed by atoms with Gasteiger partial charge in [0.1, 0.15) is 0 Å². The Labute approximate surface area is 164 Å². The number of amides is 1. The predicted octanol–water partition coefficient (Wildman–Crippen LogP) is 4.71. The molecule has 1 saturated heterocycles. The molecule has 2 fully saturated rings. The lowest BCUT2D eigenvalue weighted by atomic mass is 9.80. The van der Waals surface area contributed by atoms with Crippen molar-refractivity contribution in [3.8, 4) is 0 Å². The summed E-state index contributed by atoms with van der Waals surface area (Å²) in [6.07, 6.45) is 10.6. The van der Waals surface area contributed by atoms with Gasteiger partial charge in [0.05, 0.1) is 0 Å². The van der Waals surface area contributed by atoms with Gasteiger partial charge >= 0.3 is 0 Å². The summed E-state index contributed by atoms with van der Waals surface area (Å²) in [7, 11) is 0. The van der Waals surface area contributed by atoms with Crippen molar-refractivity contribution < 1.29 is 4.79 Å².